The van der Waals surface area contributed by atoms with Crippen molar-refractivity contribution in [2.24, 2.45) is 0 Å². The van der Waals surface area contributed by atoms with Crippen LogP contribution in [-0.2, 0) is 4.79 Å². The lowest BCUT2D eigenvalue weighted by Crippen LogP contribution is -2.45. The van der Waals surface area contributed by atoms with Crippen LogP contribution in [0.25, 0.3) is 0 Å². The summed E-state index contributed by atoms with van der Waals surface area (Å²) in [4.78, 5) is 12.4. The highest BCUT2D eigenvalue weighted by Gasteiger charge is 2.20. The fraction of sp³-hybridized carbons (Fsp3) is 0.836. The van der Waals surface area contributed by atoms with E-state index in [4.69, 9.17) is 0 Å². The predicted octanol–water partition coefficient (Wildman–Crippen LogP) is 17.1. The highest BCUT2D eigenvalue weighted by atomic mass is 16.3. The Morgan fingerprint density at radius 3 is 1.12 bits per heavy atom. The van der Waals surface area contributed by atoms with Crippen LogP contribution in [0.4, 0.5) is 0 Å². The Kier molecular flexibility index (Phi) is 49.3. The Morgan fingerprint density at radius 2 is 0.746 bits per heavy atom. The maximum Gasteiger partial charge on any atom is 0.220 e. The molecule has 0 aliphatic carbocycles. The summed E-state index contributed by atoms with van der Waals surface area (Å²) < 4.78 is 0. The number of aliphatic hydroxyl groups is 2. The molecule has 0 saturated heterocycles. The fourth-order valence-electron chi connectivity index (χ4n) is 8.12. The molecule has 0 aromatic rings. The van der Waals surface area contributed by atoms with Crippen LogP contribution < -0.4 is 5.32 Å². The van der Waals surface area contributed by atoms with Crippen molar-refractivity contribution in [3.05, 3.63) is 48.6 Å². The van der Waals surface area contributed by atoms with Crippen molar-refractivity contribution in [2.45, 2.75) is 289 Å². The van der Waals surface area contributed by atoms with Crippen molar-refractivity contribution < 1.29 is 15.0 Å². The third-order valence-electron chi connectivity index (χ3n) is 12.1. The standard InChI is InChI=1S/C55H103NO3/c1-3-5-7-9-11-13-15-17-18-19-20-21-22-23-24-25-26-27-28-29-30-31-32-33-34-35-36-37-38-39-41-43-45-47-49-51-55(59)56-53(52-57)54(58)50-48-46-44-42-40-16-14-12-10-8-6-4-2/h5,7,11,13,17-18,20-21,53-54,57-58H,3-4,6,8-10,12,14-16,19,22-52H2,1-2H3,(H,56,59)/b7-5-,13-11-,18-17-,21-20-. The molecular weight excluding hydrogens is 723 g/mol. The normalized spacial score (nSPS) is 13.2. The molecule has 0 fully saturated rings. The molecular formula is C55H103NO3. The van der Waals surface area contributed by atoms with Crippen molar-refractivity contribution in [1.82, 2.24) is 5.32 Å². The van der Waals surface area contributed by atoms with Crippen LogP contribution in [0.3, 0.4) is 0 Å². The molecule has 0 aliphatic heterocycles. The van der Waals surface area contributed by atoms with Gasteiger partial charge in [0, 0.05) is 6.42 Å². The molecule has 1 amide bonds. The summed E-state index contributed by atoms with van der Waals surface area (Å²) in [5.41, 5.74) is 0. The predicted molar refractivity (Wildman–Crippen MR) is 262 cm³/mol. The van der Waals surface area contributed by atoms with Gasteiger partial charge in [0.05, 0.1) is 18.8 Å². The van der Waals surface area contributed by atoms with E-state index in [0.29, 0.717) is 12.8 Å². The number of hydrogen-bond donors (Lipinski definition) is 3. The molecule has 0 aliphatic rings. The van der Waals surface area contributed by atoms with Crippen LogP contribution in [0.5, 0.6) is 0 Å². The minimum absolute atomic E-state index is 0.0285. The number of allylic oxidation sites excluding steroid dienone is 8. The van der Waals surface area contributed by atoms with Crippen LogP contribution in [0.15, 0.2) is 48.6 Å². The first kappa shape index (κ1) is 57.3. The summed E-state index contributed by atoms with van der Waals surface area (Å²) in [6.07, 6.45) is 69.5. The van der Waals surface area contributed by atoms with E-state index in [-0.39, 0.29) is 12.5 Å². The second-order valence-electron chi connectivity index (χ2n) is 17.9. The van der Waals surface area contributed by atoms with Gasteiger partial charge in [0.15, 0.2) is 0 Å². The third kappa shape index (κ3) is 47.3. The number of amides is 1. The van der Waals surface area contributed by atoms with E-state index in [2.05, 4.69) is 67.8 Å². The summed E-state index contributed by atoms with van der Waals surface area (Å²) >= 11 is 0. The van der Waals surface area contributed by atoms with Crippen LogP contribution in [0, 0.1) is 0 Å². The highest BCUT2D eigenvalue weighted by Crippen LogP contribution is 2.17. The third-order valence-corrected chi connectivity index (χ3v) is 12.1. The summed E-state index contributed by atoms with van der Waals surface area (Å²) in [7, 11) is 0. The number of rotatable bonds is 48. The first-order valence-corrected chi connectivity index (χ1v) is 26.3. The molecule has 3 N–H and O–H groups in total. The molecule has 0 aromatic heterocycles. The molecule has 2 unspecified atom stereocenters. The molecule has 4 nitrogen and oxygen atoms in total. The van der Waals surface area contributed by atoms with Crippen LogP contribution in [0.2, 0.25) is 0 Å². The molecule has 4 heteroatoms. The van der Waals surface area contributed by atoms with Gasteiger partial charge in [-0.2, -0.15) is 0 Å². The molecule has 2 atom stereocenters. The van der Waals surface area contributed by atoms with Gasteiger partial charge in [-0.25, -0.2) is 0 Å². The highest BCUT2D eigenvalue weighted by molar-refractivity contribution is 5.76. The smallest absolute Gasteiger partial charge is 0.220 e. The van der Waals surface area contributed by atoms with Gasteiger partial charge in [0.25, 0.3) is 0 Å². The van der Waals surface area contributed by atoms with Crippen molar-refractivity contribution in [3.63, 3.8) is 0 Å². The zero-order valence-electron chi connectivity index (χ0n) is 39.8. The van der Waals surface area contributed by atoms with Crippen molar-refractivity contribution in [3.8, 4) is 0 Å². The van der Waals surface area contributed by atoms with E-state index in [1.165, 1.54) is 199 Å². The number of carbonyl (C=O) groups excluding carboxylic acids is 1. The number of unbranched alkanes of at least 4 members (excludes halogenated alkanes) is 33. The first-order chi connectivity index (χ1) is 29.2. The first-order valence-electron chi connectivity index (χ1n) is 26.3. The Labute approximate surface area is 369 Å². The van der Waals surface area contributed by atoms with E-state index >= 15 is 0 Å². The molecule has 0 bridgehead atoms. The zero-order valence-corrected chi connectivity index (χ0v) is 39.8. The maximum absolute atomic E-state index is 12.4. The van der Waals surface area contributed by atoms with Gasteiger partial charge in [-0.1, -0.05) is 268 Å². The van der Waals surface area contributed by atoms with Gasteiger partial charge in [-0.05, 0) is 51.4 Å². The van der Waals surface area contributed by atoms with Crippen molar-refractivity contribution >= 4 is 5.91 Å². The lowest BCUT2D eigenvalue weighted by atomic mass is 10.0. The van der Waals surface area contributed by atoms with Crippen LogP contribution in [-0.4, -0.2) is 34.9 Å². The van der Waals surface area contributed by atoms with Crippen molar-refractivity contribution in [2.75, 3.05) is 6.61 Å². The summed E-state index contributed by atoms with van der Waals surface area (Å²) in [6, 6.07) is -0.533. The van der Waals surface area contributed by atoms with E-state index in [1.807, 2.05) is 0 Å². The monoisotopic (exact) mass is 826 g/mol. The number of hydrogen-bond acceptors (Lipinski definition) is 3. The zero-order chi connectivity index (χ0) is 42.8. The number of nitrogens with one attached hydrogen (secondary N) is 1. The van der Waals surface area contributed by atoms with E-state index in [9.17, 15) is 15.0 Å². The second kappa shape index (κ2) is 50.7. The largest absolute Gasteiger partial charge is 0.394 e. The molecule has 59 heavy (non-hydrogen) atoms. The second-order valence-corrected chi connectivity index (χ2v) is 17.9. The van der Waals surface area contributed by atoms with Crippen molar-refractivity contribution in [1.29, 1.82) is 0 Å². The van der Waals surface area contributed by atoms with Gasteiger partial charge >= 0.3 is 0 Å². The van der Waals surface area contributed by atoms with E-state index < -0.39 is 12.1 Å². The SMILES string of the molecule is CC/C=C\C/C=C\C/C=C\C/C=C\CCCCCCCCCCCCCCCCCCCCCCCCC(=O)NC(CO)C(O)CCCCCCCCCCCCCC. The molecule has 0 saturated carbocycles. The molecule has 0 radical (unpaired) electrons. The topological polar surface area (TPSA) is 69.6 Å². The molecule has 0 rings (SSSR count). The quantitative estimate of drug-likeness (QED) is 0.0423. The Balaban J connectivity index is 3.39. The maximum atomic E-state index is 12.4. The Bertz CT molecular complexity index is 939. The van der Waals surface area contributed by atoms with Crippen LogP contribution >= 0.6 is 0 Å². The Hall–Kier alpha value is -1.65. The fourth-order valence-corrected chi connectivity index (χ4v) is 8.12. The summed E-state index contributed by atoms with van der Waals surface area (Å²) in [5, 5.41) is 23.2. The molecule has 0 aromatic carbocycles. The minimum Gasteiger partial charge on any atom is -0.394 e. The van der Waals surface area contributed by atoms with Gasteiger partial charge < -0.3 is 15.5 Å². The van der Waals surface area contributed by atoms with Crippen LogP contribution in [0.1, 0.15) is 277 Å². The number of carbonyl (C=O) groups is 1. The average Bonchev–Trinajstić information content (AvgIpc) is 3.24. The van der Waals surface area contributed by atoms with E-state index in [0.717, 1.165) is 51.4 Å². The van der Waals surface area contributed by atoms with Gasteiger partial charge in [0.2, 0.25) is 5.91 Å². The Morgan fingerprint density at radius 1 is 0.424 bits per heavy atom. The van der Waals surface area contributed by atoms with E-state index in [1.54, 1.807) is 0 Å². The summed E-state index contributed by atoms with van der Waals surface area (Å²) in [5.74, 6) is -0.0285. The van der Waals surface area contributed by atoms with Gasteiger partial charge in [0.1, 0.15) is 0 Å². The molecule has 0 spiro atoms. The number of aliphatic hydroxyl groups excluding tert-OH is 2. The van der Waals surface area contributed by atoms with Gasteiger partial charge in [-0.15, -0.1) is 0 Å². The summed E-state index contributed by atoms with van der Waals surface area (Å²) in [6.45, 7) is 4.25. The van der Waals surface area contributed by atoms with Gasteiger partial charge in [-0.3, -0.25) is 4.79 Å². The lowest BCUT2D eigenvalue weighted by molar-refractivity contribution is -0.123. The average molecular weight is 826 g/mol. The lowest BCUT2D eigenvalue weighted by Gasteiger charge is -2.22. The molecule has 346 valence electrons. The minimum atomic E-state index is -0.656. The molecule has 0 heterocycles.